The van der Waals surface area contributed by atoms with Crippen LogP contribution in [-0.4, -0.2) is 41.1 Å². The number of carbonyl (C=O) groups is 1. The zero-order valence-electron chi connectivity index (χ0n) is 16.9. The van der Waals surface area contributed by atoms with Crippen molar-refractivity contribution < 1.29 is 4.79 Å². The van der Waals surface area contributed by atoms with Crippen LogP contribution in [0.15, 0.2) is 53.5 Å². The van der Waals surface area contributed by atoms with E-state index in [9.17, 15) is 9.59 Å². The van der Waals surface area contributed by atoms with Crippen molar-refractivity contribution in [2.24, 2.45) is 0 Å². The first-order valence-electron chi connectivity index (χ1n) is 10.5. The van der Waals surface area contributed by atoms with E-state index in [4.69, 9.17) is 0 Å². The Bertz CT molecular complexity index is 1280. The maximum atomic E-state index is 13.1. The molecule has 4 heterocycles. The highest BCUT2D eigenvalue weighted by atomic mass is 16.2. The quantitative estimate of drug-likeness (QED) is 0.512. The Morgan fingerprint density at radius 1 is 1.07 bits per heavy atom. The van der Waals surface area contributed by atoms with Gasteiger partial charge in [0.1, 0.15) is 0 Å². The summed E-state index contributed by atoms with van der Waals surface area (Å²) in [7, 11) is 0. The lowest BCUT2D eigenvalue weighted by Gasteiger charge is -2.23. The number of aryl methyl sites for hydroxylation is 2. The highest BCUT2D eigenvalue weighted by molar-refractivity contribution is 5.78. The van der Waals surface area contributed by atoms with Crippen LogP contribution < -0.4 is 5.69 Å². The van der Waals surface area contributed by atoms with Crippen LogP contribution in [0.2, 0.25) is 0 Å². The van der Waals surface area contributed by atoms with Gasteiger partial charge in [0.15, 0.2) is 11.5 Å². The number of likely N-dealkylation sites (tertiary alicyclic amines) is 1. The molecule has 30 heavy (non-hydrogen) atoms. The number of nitrogens with zero attached hydrogens (tertiary/aromatic N) is 6. The van der Waals surface area contributed by atoms with E-state index in [0.29, 0.717) is 19.6 Å². The van der Waals surface area contributed by atoms with Crippen LogP contribution in [0.4, 0.5) is 0 Å². The highest BCUT2D eigenvalue weighted by Gasteiger charge is 2.33. The molecule has 0 N–H and O–H groups in total. The fourth-order valence-electron chi connectivity index (χ4n) is 4.57. The normalized spacial score (nSPS) is 16.7. The Morgan fingerprint density at radius 2 is 1.83 bits per heavy atom. The molecule has 1 fully saturated rings. The maximum absolute atomic E-state index is 13.1. The van der Waals surface area contributed by atoms with E-state index >= 15 is 0 Å². The average molecular weight is 404 g/mol. The third kappa shape index (κ3) is 2.91. The van der Waals surface area contributed by atoms with Gasteiger partial charge in [-0.05, 0) is 44.0 Å². The number of aromatic nitrogens is 5. The van der Waals surface area contributed by atoms with E-state index in [1.165, 1.54) is 0 Å². The minimum absolute atomic E-state index is 0.0467. The van der Waals surface area contributed by atoms with E-state index in [1.807, 2.05) is 64.9 Å². The summed E-state index contributed by atoms with van der Waals surface area (Å²) in [5, 5.41) is 8.59. The molecule has 0 radical (unpaired) electrons. The number of para-hydroxylation sites is 2. The Hall–Kier alpha value is -3.42. The van der Waals surface area contributed by atoms with E-state index in [1.54, 1.807) is 9.13 Å². The zero-order chi connectivity index (χ0) is 20.7. The van der Waals surface area contributed by atoms with Gasteiger partial charge in [-0.3, -0.25) is 18.3 Å². The summed E-state index contributed by atoms with van der Waals surface area (Å²) in [5.41, 5.74) is 2.50. The Balaban J connectivity index is 1.39. The molecule has 0 saturated carbocycles. The number of benzene rings is 1. The number of pyridine rings is 1. The minimum atomic E-state index is -0.0800. The topological polar surface area (TPSA) is 77.4 Å². The molecule has 1 atom stereocenters. The number of amides is 1. The van der Waals surface area contributed by atoms with Gasteiger partial charge in [-0.15, -0.1) is 10.2 Å². The molecule has 1 amide bonds. The molecule has 5 rings (SSSR count). The highest BCUT2D eigenvalue weighted by Crippen LogP contribution is 2.31. The Morgan fingerprint density at radius 3 is 2.63 bits per heavy atom. The predicted molar refractivity (Wildman–Crippen MR) is 113 cm³/mol. The van der Waals surface area contributed by atoms with Crippen molar-refractivity contribution in [3.8, 4) is 0 Å². The van der Waals surface area contributed by atoms with Crippen molar-refractivity contribution in [3.63, 3.8) is 0 Å². The molecule has 8 nitrogen and oxygen atoms in total. The van der Waals surface area contributed by atoms with Crippen molar-refractivity contribution in [3.05, 3.63) is 65.0 Å². The zero-order valence-corrected chi connectivity index (χ0v) is 16.9. The molecule has 8 heteroatoms. The lowest BCUT2D eigenvalue weighted by atomic mass is 10.2. The molecular formula is C22H24N6O2. The average Bonchev–Trinajstić information content (AvgIpc) is 3.47. The van der Waals surface area contributed by atoms with Gasteiger partial charge in [0.2, 0.25) is 5.91 Å². The summed E-state index contributed by atoms with van der Waals surface area (Å²) in [5.74, 6) is 0.849. The lowest BCUT2D eigenvalue weighted by molar-refractivity contribution is -0.132. The monoisotopic (exact) mass is 404 g/mol. The van der Waals surface area contributed by atoms with Crippen molar-refractivity contribution in [1.29, 1.82) is 0 Å². The summed E-state index contributed by atoms with van der Waals surface area (Å²) >= 11 is 0. The van der Waals surface area contributed by atoms with Gasteiger partial charge in [-0.25, -0.2) is 4.79 Å². The molecule has 3 aromatic heterocycles. The van der Waals surface area contributed by atoms with Crippen LogP contribution in [0, 0.1) is 0 Å². The second-order valence-electron chi connectivity index (χ2n) is 7.65. The fraction of sp³-hybridized carbons (Fsp3) is 0.364. The van der Waals surface area contributed by atoms with Gasteiger partial charge in [0.25, 0.3) is 0 Å². The van der Waals surface area contributed by atoms with Crippen molar-refractivity contribution in [2.75, 3.05) is 6.54 Å². The second kappa shape index (κ2) is 7.44. The van der Waals surface area contributed by atoms with Crippen LogP contribution >= 0.6 is 0 Å². The summed E-state index contributed by atoms with van der Waals surface area (Å²) in [4.78, 5) is 27.9. The number of hydrogen-bond donors (Lipinski definition) is 0. The summed E-state index contributed by atoms with van der Waals surface area (Å²) < 4.78 is 5.42. The third-order valence-corrected chi connectivity index (χ3v) is 6.00. The molecule has 1 aromatic carbocycles. The Kier molecular flexibility index (Phi) is 4.61. The summed E-state index contributed by atoms with van der Waals surface area (Å²) in [6.45, 7) is 3.64. The number of hydrogen-bond acceptors (Lipinski definition) is 4. The minimum Gasteiger partial charge on any atom is -0.332 e. The molecule has 154 valence electrons. The summed E-state index contributed by atoms with van der Waals surface area (Å²) in [6, 6.07) is 13.4. The number of fused-ring (bicyclic) bond motifs is 2. The number of imidazole rings is 1. The summed E-state index contributed by atoms with van der Waals surface area (Å²) in [6.07, 6.45) is 4.03. The number of rotatable bonds is 5. The SMILES string of the molecule is CCn1c(=O)n(CCC(=O)N2CCC[C@H]2c2nnc3ccccn23)c2ccccc21. The molecule has 1 aliphatic rings. The maximum Gasteiger partial charge on any atom is 0.329 e. The van der Waals surface area contributed by atoms with Crippen molar-refractivity contribution >= 4 is 22.6 Å². The molecule has 1 aliphatic heterocycles. The molecule has 0 spiro atoms. The Labute approximate surface area is 173 Å². The van der Waals surface area contributed by atoms with E-state index in [-0.39, 0.29) is 24.1 Å². The predicted octanol–water partition coefficient (Wildman–Crippen LogP) is 2.62. The third-order valence-electron chi connectivity index (χ3n) is 6.00. The van der Waals surface area contributed by atoms with Crippen LogP contribution in [0.25, 0.3) is 16.7 Å². The van der Waals surface area contributed by atoms with Gasteiger partial charge in [-0.2, -0.15) is 0 Å². The van der Waals surface area contributed by atoms with Crippen LogP contribution in [-0.2, 0) is 17.9 Å². The molecule has 0 unspecified atom stereocenters. The first-order valence-corrected chi connectivity index (χ1v) is 10.5. The first-order chi connectivity index (χ1) is 14.7. The van der Waals surface area contributed by atoms with Gasteiger partial charge < -0.3 is 4.90 Å². The van der Waals surface area contributed by atoms with Crippen LogP contribution in [0.5, 0.6) is 0 Å². The van der Waals surface area contributed by atoms with Gasteiger partial charge in [0.05, 0.1) is 17.1 Å². The van der Waals surface area contributed by atoms with E-state index in [2.05, 4.69) is 10.2 Å². The van der Waals surface area contributed by atoms with Gasteiger partial charge in [0, 0.05) is 32.3 Å². The smallest absolute Gasteiger partial charge is 0.329 e. The standard InChI is InChI=1S/C22H24N6O2/c1-2-25-16-8-3-4-9-17(16)27(22(25)30)15-12-20(29)26-14-7-10-18(26)21-24-23-19-11-5-6-13-28(19)21/h3-6,8-9,11,13,18H,2,7,10,12,14-15H2,1H3/t18-/m0/s1. The second-order valence-corrected chi connectivity index (χ2v) is 7.65. The largest absolute Gasteiger partial charge is 0.332 e. The molecule has 0 aliphatic carbocycles. The molecule has 0 bridgehead atoms. The first kappa shape index (κ1) is 18.6. The van der Waals surface area contributed by atoms with Crippen molar-refractivity contribution in [2.45, 2.75) is 45.3 Å². The molecular weight excluding hydrogens is 380 g/mol. The van der Waals surface area contributed by atoms with E-state index < -0.39 is 0 Å². The lowest BCUT2D eigenvalue weighted by Crippen LogP contribution is -2.33. The number of carbonyl (C=O) groups excluding carboxylic acids is 1. The molecule has 4 aromatic rings. The molecule has 1 saturated heterocycles. The van der Waals surface area contributed by atoms with Gasteiger partial charge in [-0.1, -0.05) is 18.2 Å². The fourth-order valence-corrected chi connectivity index (χ4v) is 4.57. The van der Waals surface area contributed by atoms with Crippen LogP contribution in [0.1, 0.15) is 38.1 Å². The van der Waals surface area contributed by atoms with E-state index in [0.717, 1.165) is 35.3 Å². The van der Waals surface area contributed by atoms with Crippen molar-refractivity contribution in [1.82, 2.24) is 28.6 Å². The van der Waals surface area contributed by atoms with Crippen LogP contribution in [0.3, 0.4) is 0 Å². The van der Waals surface area contributed by atoms with Gasteiger partial charge >= 0.3 is 5.69 Å².